The second-order valence-electron chi connectivity index (χ2n) is 4.94. The van der Waals surface area contributed by atoms with Gasteiger partial charge < -0.3 is 9.64 Å². The predicted octanol–water partition coefficient (Wildman–Crippen LogP) is 3.27. The van der Waals surface area contributed by atoms with E-state index >= 15 is 0 Å². The Hall–Kier alpha value is -1.65. The highest BCUT2D eigenvalue weighted by Gasteiger charge is 2.27. The number of thiophene rings is 1. The highest BCUT2D eigenvalue weighted by molar-refractivity contribution is 7.12. The quantitative estimate of drug-likeness (QED) is 0.848. The fraction of sp³-hybridized carbons (Fsp3) is 0.312. The molecular weight excluding hydrogens is 270 g/mol. The Morgan fingerprint density at radius 3 is 2.90 bits per heavy atom. The first-order valence-corrected chi connectivity index (χ1v) is 7.63. The number of nitrogens with zero attached hydrogens (tertiary/aromatic N) is 1. The van der Waals surface area contributed by atoms with Gasteiger partial charge in [0.1, 0.15) is 6.10 Å². The van der Waals surface area contributed by atoms with E-state index in [2.05, 4.69) is 19.1 Å². The van der Waals surface area contributed by atoms with Crippen LogP contribution in [0.1, 0.15) is 26.9 Å². The highest BCUT2D eigenvalue weighted by atomic mass is 32.1. The van der Waals surface area contributed by atoms with Crippen molar-refractivity contribution in [2.75, 3.05) is 19.7 Å². The lowest BCUT2D eigenvalue weighted by molar-refractivity contribution is -0.0229. The van der Waals surface area contributed by atoms with Crippen LogP contribution in [0.15, 0.2) is 41.8 Å². The molecular formula is C16H17NO2S. The Labute approximate surface area is 122 Å². The topological polar surface area (TPSA) is 29.5 Å². The van der Waals surface area contributed by atoms with Crippen LogP contribution < -0.4 is 0 Å². The van der Waals surface area contributed by atoms with Crippen molar-refractivity contribution in [3.05, 3.63) is 57.8 Å². The van der Waals surface area contributed by atoms with Gasteiger partial charge in [0.2, 0.25) is 0 Å². The van der Waals surface area contributed by atoms with Gasteiger partial charge in [-0.05, 0) is 29.5 Å². The summed E-state index contributed by atoms with van der Waals surface area (Å²) in [5.41, 5.74) is 2.39. The second kappa shape index (κ2) is 5.77. The molecule has 1 amide bonds. The van der Waals surface area contributed by atoms with Crippen molar-refractivity contribution >= 4 is 17.2 Å². The van der Waals surface area contributed by atoms with Crippen molar-refractivity contribution in [2.45, 2.75) is 13.0 Å². The van der Waals surface area contributed by atoms with Gasteiger partial charge >= 0.3 is 0 Å². The summed E-state index contributed by atoms with van der Waals surface area (Å²) < 4.78 is 5.85. The summed E-state index contributed by atoms with van der Waals surface area (Å²) in [5.74, 6) is 0.113. The third-order valence-corrected chi connectivity index (χ3v) is 4.48. The van der Waals surface area contributed by atoms with Gasteiger partial charge in [0.15, 0.2) is 0 Å². The third-order valence-electron chi connectivity index (χ3n) is 3.62. The average Bonchev–Trinajstić information content (AvgIpc) is 3.01. The molecule has 0 radical (unpaired) electrons. The van der Waals surface area contributed by atoms with Crippen molar-refractivity contribution in [2.24, 2.45) is 0 Å². The lowest BCUT2D eigenvalue weighted by atomic mass is 10.0. The number of hydrogen-bond acceptors (Lipinski definition) is 3. The molecule has 1 aliphatic heterocycles. The van der Waals surface area contributed by atoms with Crippen LogP contribution >= 0.6 is 11.3 Å². The summed E-state index contributed by atoms with van der Waals surface area (Å²) in [6, 6.07) is 12.0. The zero-order valence-corrected chi connectivity index (χ0v) is 12.2. The van der Waals surface area contributed by atoms with E-state index in [1.807, 2.05) is 34.5 Å². The van der Waals surface area contributed by atoms with E-state index in [-0.39, 0.29) is 12.0 Å². The number of rotatable bonds is 2. The van der Waals surface area contributed by atoms with Gasteiger partial charge in [0.05, 0.1) is 18.0 Å². The number of hydrogen-bond donors (Lipinski definition) is 0. The fourth-order valence-corrected chi connectivity index (χ4v) is 3.22. The Bertz CT molecular complexity index is 594. The smallest absolute Gasteiger partial charge is 0.264 e. The summed E-state index contributed by atoms with van der Waals surface area (Å²) in [6.45, 7) is 3.97. The number of amides is 1. The fourth-order valence-electron chi connectivity index (χ4n) is 2.53. The summed E-state index contributed by atoms with van der Waals surface area (Å²) >= 11 is 1.49. The SMILES string of the molecule is Cc1ccccc1C1CN(C(=O)c2cccs2)CCO1. The van der Waals surface area contributed by atoms with Crippen LogP contribution in [0.5, 0.6) is 0 Å². The molecule has 0 saturated carbocycles. The van der Waals surface area contributed by atoms with Crippen LogP contribution in [0.25, 0.3) is 0 Å². The summed E-state index contributed by atoms with van der Waals surface area (Å²) in [4.78, 5) is 15.1. The molecule has 20 heavy (non-hydrogen) atoms. The lowest BCUT2D eigenvalue weighted by Crippen LogP contribution is -2.42. The Morgan fingerprint density at radius 1 is 1.30 bits per heavy atom. The standard InChI is InChI=1S/C16H17NO2S/c1-12-5-2-3-6-13(12)14-11-17(8-9-19-14)16(18)15-7-4-10-20-15/h2-7,10,14H,8-9,11H2,1H3. The highest BCUT2D eigenvalue weighted by Crippen LogP contribution is 2.26. The van der Waals surface area contributed by atoms with Crippen LogP contribution in [0.2, 0.25) is 0 Å². The van der Waals surface area contributed by atoms with Crippen molar-refractivity contribution in [3.8, 4) is 0 Å². The van der Waals surface area contributed by atoms with Crippen molar-refractivity contribution in [1.82, 2.24) is 4.90 Å². The maximum Gasteiger partial charge on any atom is 0.264 e. The number of carbonyl (C=O) groups excluding carboxylic acids is 1. The molecule has 1 atom stereocenters. The minimum atomic E-state index is -0.0196. The van der Waals surface area contributed by atoms with E-state index in [1.54, 1.807) is 0 Å². The molecule has 0 N–H and O–H groups in total. The van der Waals surface area contributed by atoms with E-state index in [0.29, 0.717) is 19.7 Å². The minimum absolute atomic E-state index is 0.0196. The Kier molecular flexibility index (Phi) is 3.85. The second-order valence-corrected chi connectivity index (χ2v) is 5.89. The number of benzene rings is 1. The predicted molar refractivity (Wildman–Crippen MR) is 80.1 cm³/mol. The van der Waals surface area contributed by atoms with Crippen LogP contribution in [0.3, 0.4) is 0 Å². The monoisotopic (exact) mass is 287 g/mol. The van der Waals surface area contributed by atoms with E-state index in [4.69, 9.17) is 4.74 Å². The van der Waals surface area contributed by atoms with Gasteiger partial charge in [-0.1, -0.05) is 30.3 Å². The Balaban J connectivity index is 1.77. The van der Waals surface area contributed by atoms with Gasteiger partial charge in [-0.15, -0.1) is 11.3 Å². The van der Waals surface area contributed by atoms with Crippen LogP contribution in [-0.4, -0.2) is 30.5 Å². The number of aryl methyl sites for hydroxylation is 1. The molecule has 1 aromatic carbocycles. The molecule has 0 spiro atoms. The maximum absolute atomic E-state index is 12.4. The third kappa shape index (κ3) is 2.62. The first kappa shape index (κ1) is 13.3. The van der Waals surface area contributed by atoms with Gasteiger partial charge in [-0.25, -0.2) is 0 Å². The summed E-state index contributed by atoms with van der Waals surface area (Å²) in [5, 5.41) is 1.94. The van der Waals surface area contributed by atoms with E-state index in [1.165, 1.54) is 22.5 Å². The molecule has 2 aromatic rings. The average molecular weight is 287 g/mol. The van der Waals surface area contributed by atoms with Crippen molar-refractivity contribution in [1.29, 1.82) is 0 Å². The zero-order chi connectivity index (χ0) is 13.9. The lowest BCUT2D eigenvalue weighted by Gasteiger charge is -2.33. The Morgan fingerprint density at radius 2 is 2.15 bits per heavy atom. The minimum Gasteiger partial charge on any atom is -0.370 e. The molecule has 1 aliphatic rings. The molecule has 2 heterocycles. The normalized spacial score (nSPS) is 19.1. The first-order chi connectivity index (χ1) is 9.75. The summed E-state index contributed by atoms with van der Waals surface area (Å²) in [6.07, 6.45) is -0.0196. The number of morpholine rings is 1. The molecule has 1 unspecified atom stereocenters. The molecule has 1 aromatic heterocycles. The molecule has 1 fully saturated rings. The molecule has 104 valence electrons. The van der Waals surface area contributed by atoms with Crippen molar-refractivity contribution < 1.29 is 9.53 Å². The van der Waals surface area contributed by atoms with Crippen LogP contribution in [-0.2, 0) is 4.74 Å². The van der Waals surface area contributed by atoms with Crippen molar-refractivity contribution in [3.63, 3.8) is 0 Å². The molecule has 0 bridgehead atoms. The van der Waals surface area contributed by atoms with Gasteiger partial charge in [0, 0.05) is 6.54 Å². The largest absolute Gasteiger partial charge is 0.370 e. The first-order valence-electron chi connectivity index (χ1n) is 6.75. The maximum atomic E-state index is 12.4. The van der Waals surface area contributed by atoms with Crippen LogP contribution in [0.4, 0.5) is 0 Å². The van der Waals surface area contributed by atoms with E-state index < -0.39 is 0 Å². The summed E-state index contributed by atoms with van der Waals surface area (Å²) in [7, 11) is 0. The molecule has 4 heteroatoms. The van der Waals surface area contributed by atoms with Gasteiger partial charge in [0.25, 0.3) is 5.91 Å². The molecule has 0 aliphatic carbocycles. The molecule has 1 saturated heterocycles. The zero-order valence-electron chi connectivity index (χ0n) is 11.4. The molecule has 3 rings (SSSR count). The van der Waals surface area contributed by atoms with Crippen LogP contribution in [0, 0.1) is 6.92 Å². The van der Waals surface area contributed by atoms with E-state index in [9.17, 15) is 4.79 Å². The van der Waals surface area contributed by atoms with Gasteiger partial charge in [-0.3, -0.25) is 4.79 Å². The van der Waals surface area contributed by atoms with Gasteiger partial charge in [-0.2, -0.15) is 0 Å². The number of ether oxygens (including phenoxy) is 1. The molecule has 3 nitrogen and oxygen atoms in total. The number of carbonyl (C=O) groups is 1. The van der Waals surface area contributed by atoms with E-state index in [0.717, 1.165) is 4.88 Å².